The highest BCUT2D eigenvalue weighted by Gasteiger charge is 2.29. The number of aromatic nitrogens is 2. The predicted octanol–water partition coefficient (Wildman–Crippen LogP) is 1.66. The number of nitrogens with two attached hydrogens (primary N) is 1. The van der Waals surface area contributed by atoms with Gasteiger partial charge >= 0.3 is 0 Å². The molecular weight excluding hydrogens is 198 g/mol. The van der Waals surface area contributed by atoms with Crippen LogP contribution in [0.4, 0.5) is 0 Å². The normalized spacial score (nSPS) is 26.3. The zero-order valence-corrected chi connectivity index (χ0v) is 9.38. The quantitative estimate of drug-likeness (QED) is 0.812. The van der Waals surface area contributed by atoms with Crippen LogP contribution in [0.15, 0.2) is 0 Å². The van der Waals surface area contributed by atoms with Gasteiger partial charge in [-0.05, 0) is 32.1 Å². The van der Waals surface area contributed by atoms with Gasteiger partial charge in [-0.3, -0.25) is 4.68 Å². The number of aryl methyl sites for hydroxylation is 2. The second-order valence-corrected chi connectivity index (χ2v) is 4.55. The lowest BCUT2D eigenvalue weighted by molar-refractivity contribution is 0.252. The summed E-state index contributed by atoms with van der Waals surface area (Å²) < 4.78 is 1.88. The lowest BCUT2D eigenvalue weighted by atomic mass is 9.77. The summed E-state index contributed by atoms with van der Waals surface area (Å²) in [6.45, 7) is 1.94. The smallest absolute Gasteiger partial charge is 0.0847 e. The largest absolute Gasteiger partial charge is 0.327 e. The topological polar surface area (TPSA) is 43.8 Å². The Balaban J connectivity index is 2.15. The standard InChI is InChI=1S/C10H16ClN3/c1-6-10(11)9(14(2)13-6)5-7-3-4-8(7)12/h7-8H,3-5,12H2,1-2H3. The van der Waals surface area contributed by atoms with Crippen LogP contribution in [0.1, 0.15) is 24.2 Å². The average molecular weight is 214 g/mol. The van der Waals surface area contributed by atoms with Crippen molar-refractivity contribution >= 4 is 11.6 Å². The van der Waals surface area contributed by atoms with Crippen molar-refractivity contribution < 1.29 is 0 Å². The highest BCUT2D eigenvalue weighted by atomic mass is 35.5. The first-order valence-electron chi connectivity index (χ1n) is 5.03. The average Bonchev–Trinajstić information content (AvgIpc) is 2.37. The van der Waals surface area contributed by atoms with Crippen LogP contribution < -0.4 is 5.73 Å². The van der Waals surface area contributed by atoms with E-state index < -0.39 is 0 Å². The molecule has 0 saturated heterocycles. The lowest BCUT2D eigenvalue weighted by Crippen LogP contribution is -2.40. The van der Waals surface area contributed by atoms with Crippen LogP contribution in [-0.4, -0.2) is 15.8 Å². The molecule has 0 spiro atoms. The molecular formula is C10H16ClN3. The van der Waals surface area contributed by atoms with Crippen LogP contribution in [0.3, 0.4) is 0 Å². The van der Waals surface area contributed by atoms with Crippen molar-refractivity contribution in [1.82, 2.24) is 9.78 Å². The van der Waals surface area contributed by atoms with E-state index in [1.54, 1.807) is 0 Å². The summed E-state index contributed by atoms with van der Waals surface area (Å²) >= 11 is 6.16. The maximum Gasteiger partial charge on any atom is 0.0847 e. The van der Waals surface area contributed by atoms with Crippen LogP contribution in [-0.2, 0) is 13.5 Å². The Morgan fingerprint density at radius 1 is 1.57 bits per heavy atom. The van der Waals surface area contributed by atoms with Crippen LogP contribution in [0, 0.1) is 12.8 Å². The Kier molecular flexibility index (Phi) is 2.54. The Morgan fingerprint density at radius 3 is 2.64 bits per heavy atom. The molecule has 1 aliphatic carbocycles. The van der Waals surface area contributed by atoms with Gasteiger partial charge in [0.05, 0.1) is 16.4 Å². The van der Waals surface area contributed by atoms with Gasteiger partial charge in [-0.25, -0.2) is 0 Å². The zero-order chi connectivity index (χ0) is 10.3. The van der Waals surface area contributed by atoms with Crippen molar-refractivity contribution in [3.8, 4) is 0 Å². The third kappa shape index (κ3) is 1.55. The van der Waals surface area contributed by atoms with Crippen LogP contribution >= 0.6 is 11.6 Å². The first kappa shape index (κ1) is 9.99. The molecule has 2 N–H and O–H groups in total. The number of hydrogen-bond acceptors (Lipinski definition) is 2. The molecule has 0 amide bonds. The van der Waals surface area contributed by atoms with E-state index >= 15 is 0 Å². The van der Waals surface area contributed by atoms with Crippen molar-refractivity contribution in [2.75, 3.05) is 0 Å². The van der Waals surface area contributed by atoms with E-state index in [2.05, 4.69) is 5.10 Å². The first-order valence-corrected chi connectivity index (χ1v) is 5.41. The lowest BCUT2D eigenvalue weighted by Gasteiger charge is -2.33. The van der Waals surface area contributed by atoms with E-state index in [1.165, 1.54) is 6.42 Å². The summed E-state index contributed by atoms with van der Waals surface area (Å²) in [7, 11) is 1.94. The van der Waals surface area contributed by atoms with Gasteiger partial charge < -0.3 is 5.73 Å². The molecule has 1 saturated carbocycles. The summed E-state index contributed by atoms with van der Waals surface area (Å²) in [5.41, 5.74) is 7.95. The molecule has 2 rings (SSSR count). The van der Waals surface area contributed by atoms with Gasteiger partial charge in [0, 0.05) is 13.1 Å². The number of rotatable bonds is 2. The Labute approximate surface area is 89.2 Å². The number of nitrogens with zero attached hydrogens (tertiary/aromatic N) is 2. The molecule has 1 fully saturated rings. The van der Waals surface area contributed by atoms with E-state index in [0.29, 0.717) is 12.0 Å². The summed E-state index contributed by atoms with van der Waals surface area (Å²) in [6.07, 6.45) is 3.35. The molecule has 78 valence electrons. The molecule has 1 heterocycles. The predicted molar refractivity (Wildman–Crippen MR) is 57.4 cm³/mol. The van der Waals surface area contributed by atoms with Crippen molar-refractivity contribution in [1.29, 1.82) is 0 Å². The minimum Gasteiger partial charge on any atom is -0.327 e. The molecule has 0 radical (unpaired) electrons. The molecule has 1 aliphatic rings. The van der Waals surface area contributed by atoms with Gasteiger partial charge in [-0.1, -0.05) is 11.6 Å². The fraction of sp³-hybridized carbons (Fsp3) is 0.700. The van der Waals surface area contributed by atoms with Gasteiger partial charge in [-0.2, -0.15) is 5.10 Å². The summed E-state index contributed by atoms with van der Waals surface area (Å²) in [5, 5.41) is 5.10. The molecule has 0 aliphatic heterocycles. The maximum absolute atomic E-state index is 6.16. The summed E-state index contributed by atoms with van der Waals surface area (Å²) in [6, 6.07) is 0.362. The Morgan fingerprint density at radius 2 is 2.29 bits per heavy atom. The second-order valence-electron chi connectivity index (χ2n) is 4.18. The molecule has 1 aromatic rings. The number of halogens is 1. The summed E-state index contributed by atoms with van der Waals surface area (Å²) in [4.78, 5) is 0. The molecule has 4 heteroatoms. The third-order valence-corrected chi connectivity index (χ3v) is 3.69. The molecule has 14 heavy (non-hydrogen) atoms. The van der Waals surface area contributed by atoms with E-state index in [1.807, 2.05) is 18.7 Å². The van der Waals surface area contributed by atoms with Gasteiger partial charge in [0.25, 0.3) is 0 Å². The van der Waals surface area contributed by atoms with Crippen molar-refractivity contribution in [2.24, 2.45) is 18.7 Å². The SMILES string of the molecule is Cc1nn(C)c(CC2CCC2N)c1Cl. The Hall–Kier alpha value is -0.540. The van der Waals surface area contributed by atoms with Crippen molar-refractivity contribution in [3.05, 3.63) is 16.4 Å². The van der Waals surface area contributed by atoms with Crippen molar-refractivity contribution in [3.63, 3.8) is 0 Å². The monoisotopic (exact) mass is 213 g/mol. The first-order chi connectivity index (χ1) is 6.59. The van der Waals surface area contributed by atoms with E-state index in [4.69, 9.17) is 17.3 Å². The minimum absolute atomic E-state index is 0.362. The second kappa shape index (κ2) is 3.55. The highest BCUT2D eigenvalue weighted by Crippen LogP contribution is 2.31. The molecule has 0 bridgehead atoms. The molecule has 1 aromatic heterocycles. The van der Waals surface area contributed by atoms with Gasteiger partial charge in [0.1, 0.15) is 0 Å². The summed E-state index contributed by atoms with van der Waals surface area (Å²) in [5.74, 6) is 0.599. The van der Waals surface area contributed by atoms with Crippen LogP contribution in [0.25, 0.3) is 0 Å². The highest BCUT2D eigenvalue weighted by molar-refractivity contribution is 6.31. The Bertz CT molecular complexity index is 345. The van der Waals surface area contributed by atoms with Gasteiger partial charge in [-0.15, -0.1) is 0 Å². The minimum atomic E-state index is 0.362. The van der Waals surface area contributed by atoms with Gasteiger partial charge in [0.2, 0.25) is 0 Å². The van der Waals surface area contributed by atoms with E-state index in [-0.39, 0.29) is 0 Å². The molecule has 2 unspecified atom stereocenters. The van der Waals surface area contributed by atoms with Crippen LogP contribution in [0.5, 0.6) is 0 Å². The fourth-order valence-corrected chi connectivity index (χ4v) is 2.24. The zero-order valence-electron chi connectivity index (χ0n) is 8.63. The van der Waals surface area contributed by atoms with Crippen molar-refractivity contribution in [2.45, 2.75) is 32.2 Å². The maximum atomic E-state index is 6.16. The number of hydrogen-bond donors (Lipinski definition) is 1. The molecule has 0 aromatic carbocycles. The molecule has 3 nitrogen and oxygen atoms in total. The van der Waals surface area contributed by atoms with Gasteiger partial charge in [0.15, 0.2) is 0 Å². The van der Waals surface area contributed by atoms with Crippen LogP contribution in [0.2, 0.25) is 5.02 Å². The third-order valence-electron chi connectivity index (χ3n) is 3.19. The van der Waals surface area contributed by atoms with E-state index in [0.717, 1.165) is 29.3 Å². The molecule has 2 atom stereocenters. The van der Waals surface area contributed by atoms with E-state index in [9.17, 15) is 0 Å². The fourth-order valence-electron chi connectivity index (χ4n) is 2.00.